The lowest BCUT2D eigenvalue weighted by Gasteiger charge is -2.17. The third-order valence-corrected chi connectivity index (χ3v) is 3.90. The van der Waals surface area contributed by atoms with Crippen LogP contribution in [0.25, 0.3) is 0 Å². The fourth-order valence-electron chi connectivity index (χ4n) is 2.22. The minimum Gasteiger partial charge on any atom is -0.465 e. The Bertz CT molecular complexity index is 565. The highest BCUT2D eigenvalue weighted by molar-refractivity contribution is 9.10. The Hall–Kier alpha value is -1.10. The molecule has 0 atom stereocenters. The second-order valence-electron chi connectivity index (χ2n) is 5.14. The molecule has 2 aromatic rings. The van der Waals surface area contributed by atoms with Crippen molar-refractivity contribution in [3.05, 3.63) is 57.5 Å². The molecule has 1 N–H and O–H groups in total. The second kappa shape index (κ2) is 7.07. The zero-order valence-corrected chi connectivity index (χ0v) is 13.8. The number of furan rings is 1. The van der Waals surface area contributed by atoms with Crippen LogP contribution in [-0.4, -0.2) is 19.0 Å². The fraction of sp³-hybridized carbons (Fsp3) is 0.375. The fourth-order valence-corrected chi connectivity index (χ4v) is 2.77. The van der Waals surface area contributed by atoms with Crippen LogP contribution in [0.15, 0.2) is 39.2 Å². The Balaban J connectivity index is 1.98. The largest absolute Gasteiger partial charge is 0.465 e. The Morgan fingerprint density at radius 2 is 2.00 bits per heavy atom. The molecule has 0 aliphatic heterocycles. The maximum absolute atomic E-state index is 5.61. The zero-order valence-electron chi connectivity index (χ0n) is 12.2. The van der Waals surface area contributed by atoms with Gasteiger partial charge in [-0.25, -0.2) is 0 Å². The lowest BCUT2D eigenvalue weighted by atomic mass is 10.1. The van der Waals surface area contributed by atoms with Crippen LogP contribution in [0.5, 0.6) is 0 Å². The average molecular weight is 337 g/mol. The first kappa shape index (κ1) is 15.3. The third-order valence-electron chi connectivity index (χ3n) is 3.16. The second-order valence-corrected chi connectivity index (χ2v) is 6.00. The van der Waals surface area contributed by atoms with Gasteiger partial charge in [-0.1, -0.05) is 28.1 Å². The van der Waals surface area contributed by atoms with Crippen molar-refractivity contribution in [2.75, 3.05) is 14.1 Å². The smallest absolute Gasteiger partial charge is 0.118 e. The summed E-state index contributed by atoms with van der Waals surface area (Å²) >= 11 is 3.66. The lowest BCUT2D eigenvalue weighted by molar-refractivity contribution is 0.285. The van der Waals surface area contributed by atoms with Gasteiger partial charge in [0.2, 0.25) is 0 Å². The Labute approximate surface area is 129 Å². The summed E-state index contributed by atoms with van der Waals surface area (Å²) in [7, 11) is 4.06. The molecule has 0 aliphatic rings. The van der Waals surface area contributed by atoms with Crippen LogP contribution in [0, 0.1) is 6.92 Å². The lowest BCUT2D eigenvalue weighted by Crippen LogP contribution is -2.17. The summed E-state index contributed by atoms with van der Waals surface area (Å²) in [4.78, 5) is 2.25. The van der Waals surface area contributed by atoms with Crippen LogP contribution in [0.3, 0.4) is 0 Å². The highest BCUT2D eigenvalue weighted by Gasteiger charge is 2.08. The van der Waals surface area contributed by atoms with E-state index in [0.29, 0.717) is 0 Å². The Kier molecular flexibility index (Phi) is 5.40. The van der Waals surface area contributed by atoms with Crippen LogP contribution in [-0.2, 0) is 19.6 Å². The van der Waals surface area contributed by atoms with Gasteiger partial charge in [-0.15, -0.1) is 0 Å². The summed E-state index contributed by atoms with van der Waals surface area (Å²) < 4.78 is 6.77. The number of benzene rings is 1. The molecular formula is C16H21BrN2O. The minimum absolute atomic E-state index is 0.818. The van der Waals surface area contributed by atoms with Gasteiger partial charge in [0.1, 0.15) is 11.5 Å². The summed E-state index contributed by atoms with van der Waals surface area (Å²) in [5.41, 5.74) is 2.57. The Morgan fingerprint density at radius 3 is 2.60 bits per heavy atom. The first-order valence-electron chi connectivity index (χ1n) is 6.74. The van der Waals surface area contributed by atoms with E-state index in [9.17, 15) is 0 Å². The van der Waals surface area contributed by atoms with Gasteiger partial charge >= 0.3 is 0 Å². The number of nitrogens with zero attached hydrogens (tertiary/aromatic N) is 1. The molecule has 0 radical (unpaired) electrons. The molecular weight excluding hydrogens is 316 g/mol. The molecule has 1 aromatic heterocycles. The molecule has 0 spiro atoms. The number of rotatable bonds is 6. The van der Waals surface area contributed by atoms with Crippen molar-refractivity contribution in [1.82, 2.24) is 10.2 Å². The summed E-state index contributed by atoms with van der Waals surface area (Å²) in [6.07, 6.45) is 0. The van der Waals surface area contributed by atoms with Crippen molar-refractivity contribution in [2.45, 2.75) is 26.6 Å². The molecule has 20 heavy (non-hydrogen) atoms. The molecule has 1 heterocycles. The van der Waals surface area contributed by atoms with Crippen molar-refractivity contribution in [3.8, 4) is 0 Å². The van der Waals surface area contributed by atoms with E-state index in [-0.39, 0.29) is 0 Å². The molecule has 3 nitrogen and oxygen atoms in total. The molecule has 0 bridgehead atoms. The number of nitrogens with one attached hydrogen (secondary N) is 1. The number of aryl methyl sites for hydroxylation is 1. The summed E-state index contributed by atoms with van der Waals surface area (Å²) in [5, 5.41) is 3.16. The molecule has 0 amide bonds. The summed E-state index contributed by atoms with van der Waals surface area (Å²) in [6.45, 7) is 4.57. The van der Waals surface area contributed by atoms with Gasteiger partial charge in [0, 0.05) is 17.6 Å². The molecule has 0 fully saturated rings. The van der Waals surface area contributed by atoms with Crippen LogP contribution < -0.4 is 5.32 Å². The quantitative estimate of drug-likeness (QED) is 0.871. The van der Waals surface area contributed by atoms with Gasteiger partial charge in [0.15, 0.2) is 0 Å². The maximum atomic E-state index is 5.61. The van der Waals surface area contributed by atoms with Gasteiger partial charge in [-0.05, 0) is 50.3 Å². The van der Waals surface area contributed by atoms with Gasteiger partial charge in [0.25, 0.3) is 0 Å². The molecule has 0 saturated heterocycles. The van der Waals surface area contributed by atoms with E-state index in [4.69, 9.17) is 4.42 Å². The monoisotopic (exact) mass is 336 g/mol. The van der Waals surface area contributed by atoms with Crippen molar-refractivity contribution in [2.24, 2.45) is 0 Å². The standard InChI is InChI=1S/C16H21BrN2O/c1-12-4-7-15(20-12)11-19(3)10-14-6-5-13(9-18-2)8-16(14)17/h4-8,18H,9-11H2,1-3H3. The van der Waals surface area contributed by atoms with E-state index in [1.54, 1.807) is 0 Å². The minimum atomic E-state index is 0.818. The van der Waals surface area contributed by atoms with Gasteiger partial charge in [-0.2, -0.15) is 0 Å². The van der Waals surface area contributed by atoms with E-state index in [0.717, 1.165) is 35.6 Å². The first-order valence-corrected chi connectivity index (χ1v) is 7.53. The SMILES string of the molecule is CNCc1ccc(CN(C)Cc2ccc(C)o2)c(Br)c1. The first-order chi connectivity index (χ1) is 9.58. The van der Waals surface area contributed by atoms with E-state index >= 15 is 0 Å². The summed E-state index contributed by atoms with van der Waals surface area (Å²) in [6, 6.07) is 10.6. The van der Waals surface area contributed by atoms with Crippen molar-refractivity contribution in [3.63, 3.8) is 0 Å². The molecule has 108 valence electrons. The van der Waals surface area contributed by atoms with E-state index in [2.05, 4.69) is 51.4 Å². The summed E-state index contributed by atoms with van der Waals surface area (Å²) in [5.74, 6) is 1.97. The number of halogens is 1. The molecule has 4 heteroatoms. The van der Waals surface area contributed by atoms with Crippen molar-refractivity contribution in [1.29, 1.82) is 0 Å². The molecule has 2 rings (SSSR count). The van der Waals surface area contributed by atoms with Crippen LogP contribution >= 0.6 is 15.9 Å². The highest BCUT2D eigenvalue weighted by Crippen LogP contribution is 2.21. The molecule has 0 aliphatic carbocycles. The van der Waals surface area contributed by atoms with Crippen LogP contribution in [0.1, 0.15) is 22.6 Å². The van der Waals surface area contributed by atoms with Gasteiger partial charge in [-0.3, -0.25) is 4.90 Å². The van der Waals surface area contributed by atoms with Crippen LogP contribution in [0.2, 0.25) is 0 Å². The molecule has 1 aromatic carbocycles. The Morgan fingerprint density at radius 1 is 1.20 bits per heavy atom. The van der Waals surface area contributed by atoms with E-state index in [1.807, 2.05) is 26.1 Å². The normalized spacial score (nSPS) is 11.2. The van der Waals surface area contributed by atoms with Gasteiger partial charge in [0.05, 0.1) is 6.54 Å². The van der Waals surface area contributed by atoms with Crippen molar-refractivity contribution < 1.29 is 4.42 Å². The van der Waals surface area contributed by atoms with Crippen molar-refractivity contribution >= 4 is 15.9 Å². The van der Waals surface area contributed by atoms with E-state index < -0.39 is 0 Å². The highest BCUT2D eigenvalue weighted by atomic mass is 79.9. The van der Waals surface area contributed by atoms with Crippen LogP contribution in [0.4, 0.5) is 0 Å². The number of hydrogen-bond donors (Lipinski definition) is 1. The zero-order chi connectivity index (χ0) is 14.5. The molecule has 0 unspecified atom stereocenters. The predicted octanol–water partition coefficient (Wildman–Crippen LogP) is 3.70. The topological polar surface area (TPSA) is 28.4 Å². The van der Waals surface area contributed by atoms with Gasteiger partial charge < -0.3 is 9.73 Å². The third kappa shape index (κ3) is 4.20. The predicted molar refractivity (Wildman–Crippen MR) is 85.5 cm³/mol. The maximum Gasteiger partial charge on any atom is 0.118 e. The van der Waals surface area contributed by atoms with E-state index in [1.165, 1.54) is 11.1 Å². The average Bonchev–Trinajstić information content (AvgIpc) is 2.78. The molecule has 0 saturated carbocycles. The number of hydrogen-bond acceptors (Lipinski definition) is 3.